The summed E-state index contributed by atoms with van der Waals surface area (Å²) in [6, 6.07) is 0. The van der Waals surface area contributed by atoms with Gasteiger partial charge in [0.05, 0.1) is 0 Å². The molecule has 0 aliphatic heterocycles. The number of esters is 3. The molecule has 69 heavy (non-hydrogen) atoms. The molecule has 0 amide bonds. The van der Waals surface area contributed by atoms with E-state index < -0.39 is 6.10 Å². The maximum Gasteiger partial charge on any atom is 0.306 e. The Morgan fingerprint density at radius 3 is 0.928 bits per heavy atom. The molecule has 0 aromatic heterocycles. The number of unbranched alkanes of at least 4 members (excludes halogenated alkanes) is 21. The second-order valence-corrected chi connectivity index (χ2v) is 18.4. The first kappa shape index (κ1) is 65.1. The summed E-state index contributed by atoms with van der Waals surface area (Å²) in [5, 5.41) is 0. The van der Waals surface area contributed by atoms with Gasteiger partial charge in [-0.15, -0.1) is 0 Å². The van der Waals surface area contributed by atoms with Crippen LogP contribution in [0.2, 0.25) is 0 Å². The van der Waals surface area contributed by atoms with E-state index in [2.05, 4.69) is 130 Å². The predicted molar refractivity (Wildman–Crippen MR) is 297 cm³/mol. The molecule has 1 unspecified atom stereocenters. The second kappa shape index (κ2) is 56.7. The van der Waals surface area contributed by atoms with Crippen molar-refractivity contribution in [3.8, 4) is 0 Å². The van der Waals surface area contributed by atoms with Gasteiger partial charge in [-0.25, -0.2) is 0 Å². The average molecular weight is 958 g/mol. The highest BCUT2D eigenvalue weighted by atomic mass is 16.6. The van der Waals surface area contributed by atoms with Crippen LogP contribution < -0.4 is 0 Å². The first-order chi connectivity index (χ1) is 34.0. The van der Waals surface area contributed by atoms with Crippen LogP contribution in [0.1, 0.15) is 252 Å². The summed E-state index contributed by atoms with van der Waals surface area (Å²) in [5.41, 5.74) is 0. The highest BCUT2D eigenvalue weighted by Gasteiger charge is 2.19. The average Bonchev–Trinajstić information content (AvgIpc) is 3.35. The molecule has 6 nitrogen and oxygen atoms in total. The van der Waals surface area contributed by atoms with E-state index >= 15 is 0 Å². The quantitative estimate of drug-likeness (QED) is 0.0262. The summed E-state index contributed by atoms with van der Waals surface area (Å²) in [5.74, 6) is -0.965. The van der Waals surface area contributed by atoms with E-state index in [0.717, 1.165) is 103 Å². The van der Waals surface area contributed by atoms with Crippen molar-refractivity contribution in [2.24, 2.45) is 0 Å². The lowest BCUT2D eigenvalue weighted by molar-refractivity contribution is -0.167. The maximum atomic E-state index is 12.8. The topological polar surface area (TPSA) is 78.9 Å². The molecule has 0 aliphatic rings. The van der Waals surface area contributed by atoms with Crippen molar-refractivity contribution >= 4 is 17.9 Å². The van der Waals surface area contributed by atoms with Crippen LogP contribution >= 0.6 is 0 Å². The van der Waals surface area contributed by atoms with Gasteiger partial charge in [0.1, 0.15) is 13.2 Å². The van der Waals surface area contributed by atoms with Crippen molar-refractivity contribution in [2.75, 3.05) is 13.2 Å². The molecule has 0 rings (SSSR count). The number of ether oxygens (including phenoxy) is 3. The Labute approximate surface area is 425 Å². The van der Waals surface area contributed by atoms with Gasteiger partial charge in [0.25, 0.3) is 0 Å². The Morgan fingerprint density at radius 1 is 0.304 bits per heavy atom. The normalized spacial score (nSPS) is 12.9. The van der Waals surface area contributed by atoms with Crippen LogP contribution in [0.25, 0.3) is 0 Å². The smallest absolute Gasteiger partial charge is 0.306 e. The molecule has 0 fully saturated rings. The number of rotatable bonds is 50. The minimum atomic E-state index is -0.809. The van der Waals surface area contributed by atoms with Gasteiger partial charge in [0.15, 0.2) is 6.10 Å². The van der Waals surface area contributed by atoms with Gasteiger partial charge < -0.3 is 14.2 Å². The van der Waals surface area contributed by atoms with E-state index in [1.54, 1.807) is 0 Å². The number of allylic oxidation sites excluding steroid dienone is 18. The highest BCUT2D eigenvalue weighted by molar-refractivity contribution is 5.71. The molecule has 0 aromatic rings. The fourth-order valence-electron chi connectivity index (χ4n) is 7.59. The molecule has 0 radical (unpaired) electrons. The minimum Gasteiger partial charge on any atom is -0.462 e. The largest absolute Gasteiger partial charge is 0.462 e. The maximum absolute atomic E-state index is 12.8. The molecular formula is C63H104O6. The molecule has 0 bridgehead atoms. The lowest BCUT2D eigenvalue weighted by Gasteiger charge is -2.18. The number of carbonyl (C=O) groups is 3. The van der Waals surface area contributed by atoms with Crippen LogP contribution in [0.4, 0.5) is 0 Å². The van der Waals surface area contributed by atoms with Crippen molar-refractivity contribution in [3.63, 3.8) is 0 Å². The molecule has 0 saturated heterocycles. The summed E-state index contributed by atoms with van der Waals surface area (Å²) < 4.78 is 16.8. The molecule has 6 heteroatoms. The van der Waals surface area contributed by atoms with Gasteiger partial charge >= 0.3 is 17.9 Å². The highest BCUT2D eigenvalue weighted by Crippen LogP contribution is 2.15. The lowest BCUT2D eigenvalue weighted by atomic mass is 10.1. The van der Waals surface area contributed by atoms with E-state index in [-0.39, 0.29) is 37.5 Å². The van der Waals surface area contributed by atoms with Crippen LogP contribution in [0, 0.1) is 0 Å². The Balaban J connectivity index is 4.39. The Kier molecular flexibility index (Phi) is 53.4. The number of hydrogen-bond donors (Lipinski definition) is 0. The fourth-order valence-corrected chi connectivity index (χ4v) is 7.59. The van der Waals surface area contributed by atoms with Gasteiger partial charge in [-0.1, -0.05) is 246 Å². The predicted octanol–water partition coefficient (Wildman–Crippen LogP) is 19.1. The van der Waals surface area contributed by atoms with Crippen LogP contribution in [0.5, 0.6) is 0 Å². The summed E-state index contributed by atoms with van der Waals surface area (Å²) in [4.78, 5) is 38.1. The second-order valence-electron chi connectivity index (χ2n) is 18.4. The van der Waals surface area contributed by atoms with Crippen LogP contribution in [-0.2, 0) is 28.6 Å². The van der Waals surface area contributed by atoms with Crippen molar-refractivity contribution in [2.45, 2.75) is 258 Å². The third kappa shape index (κ3) is 54.9. The zero-order valence-electron chi connectivity index (χ0n) is 44.8. The van der Waals surface area contributed by atoms with E-state index in [0.29, 0.717) is 19.3 Å². The van der Waals surface area contributed by atoms with Crippen molar-refractivity contribution in [1.82, 2.24) is 0 Å². The van der Waals surface area contributed by atoms with Crippen LogP contribution in [0.3, 0.4) is 0 Å². The Hall–Kier alpha value is -3.93. The third-order valence-electron chi connectivity index (χ3n) is 11.8. The van der Waals surface area contributed by atoms with Gasteiger partial charge in [0.2, 0.25) is 0 Å². The molecule has 0 aliphatic carbocycles. The molecule has 0 aromatic carbocycles. The minimum absolute atomic E-state index is 0.101. The van der Waals surface area contributed by atoms with E-state index in [4.69, 9.17) is 14.2 Å². The zero-order chi connectivity index (χ0) is 50.0. The number of hydrogen-bond acceptors (Lipinski definition) is 6. The summed E-state index contributed by atoms with van der Waals surface area (Å²) in [6.45, 7) is 6.36. The summed E-state index contributed by atoms with van der Waals surface area (Å²) in [7, 11) is 0. The van der Waals surface area contributed by atoms with Gasteiger partial charge in [0, 0.05) is 19.3 Å². The molecule has 0 spiro atoms. The molecule has 1 atom stereocenters. The van der Waals surface area contributed by atoms with Gasteiger partial charge in [-0.05, 0) is 96.3 Å². The monoisotopic (exact) mass is 957 g/mol. The summed E-state index contributed by atoms with van der Waals surface area (Å²) in [6.07, 6.45) is 76.6. The first-order valence-corrected chi connectivity index (χ1v) is 28.4. The fraction of sp³-hybridized carbons (Fsp3) is 0.667. The van der Waals surface area contributed by atoms with Crippen molar-refractivity contribution < 1.29 is 28.6 Å². The Bertz CT molecular complexity index is 1420. The molecule has 0 N–H and O–H groups in total. The lowest BCUT2D eigenvalue weighted by Crippen LogP contribution is -2.30. The van der Waals surface area contributed by atoms with Crippen molar-refractivity contribution in [3.05, 3.63) is 109 Å². The molecular weight excluding hydrogens is 853 g/mol. The SMILES string of the molecule is CC/C=C\C/C=C\C/C=C\C/C=C\C/C=C\CCCC(=O)OC(COC(=O)CCCCCCCCCCCCC)COC(=O)CCCCCCCCCCCC/C=C\C/C=C\C/C=C\C/C=C\CC. The molecule has 0 heterocycles. The van der Waals surface area contributed by atoms with Crippen LogP contribution in [0.15, 0.2) is 109 Å². The Morgan fingerprint density at radius 2 is 0.580 bits per heavy atom. The van der Waals surface area contributed by atoms with Gasteiger partial charge in [-0.3, -0.25) is 14.4 Å². The molecule has 392 valence electrons. The van der Waals surface area contributed by atoms with Gasteiger partial charge in [-0.2, -0.15) is 0 Å². The third-order valence-corrected chi connectivity index (χ3v) is 11.8. The van der Waals surface area contributed by atoms with Crippen molar-refractivity contribution in [1.29, 1.82) is 0 Å². The van der Waals surface area contributed by atoms with Crippen LogP contribution in [-0.4, -0.2) is 37.2 Å². The van der Waals surface area contributed by atoms with E-state index in [1.807, 2.05) is 0 Å². The summed E-state index contributed by atoms with van der Waals surface area (Å²) >= 11 is 0. The standard InChI is InChI=1S/C63H104O6/c1-4-7-10-13-16-19-22-24-26-28-29-30-31-32-33-35-36-38-41-44-47-50-53-56-62(65)68-59-60(58-67-61(64)55-52-49-46-43-40-21-18-15-12-9-6-3)69-63(66)57-54-51-48-45-42-39-37-34-27-25-23-20-17-14-11-8-5-2/h7-8,10-11,16-17,19-20,24-27,29-30,37,39,45,48,60H,4-6,9,12-15,18,21-23,28,31-36,38,40-44,46-47,49-59H2,1-3H3/b10-7-,11-8-,19-16-,20-17-,26-24-,27-25-,30-29-,39-37-,48-45-. The van der Waals surface area contributed by atoms with E-state index in [9.17, 15) is 14.4 Å². The molecule has 0 saturated carbocycles. The number of carbonyl (C=O) groups excluding carboxylic acids is 3. The first-order valence-electron chi connectivity index (χ1n) is 28.4. The zero-order valence-corrected chi connectivity index (χ0v) is 44.8. The van der Waals surface area contributed by atoms with E-state index in [1.165, 1.54) is 103 Å².